The number of fused-ring (bicyclic) bond motifs is 1. The molecule has 3 heterocycles. The monoisotopic (exact) mass is 290 g/mol. The zero-order valence-corrected chi connectivity index (χ0v) is 12.9. The molecule has 0 atom stereocenters. The van der Waals surface area contributed by atoms with Gasteiger partial charge in [-0.15, -0.1) is 0 Å². The van der Waals surface area contributed by atoms with Crippen LogP contribution >= 0.6 is 0 Å². The number of nitrogen functional groups attached to an aromatic ring is 1. The van der Waals surface area contributed by atoms with Crippen LogP contribution in [0.4, 0.5) is 5.82 Å². The highest BCUT2D eigenvalue weighted by atomic mass is 15.4. The number of anilines is 1. The lowest BCUT2D eigenvalue weighted by molar-refractivity contribution is 0.220. The van der Waals surface area contributed by atoms with Gasteiger partial charge in [0.15, 0.2) is 0 Å². The van der Waals surface area contributed by atoms with Crippen molar-refractivity contribution >= 4 is 11.8 Å². The summed E-state index contributed by atoms with van der Waals surface area (Å²) in [6, 6.07) is 0. The molecule has 21 heavy (non-hydrogen) atoms. The standard InChI is InChI=1S/C15H26N6/c1-2-20-9-6-11(7-10-20)13-12-5-3-4-8-18-14(12)21(19-13)15(16)17/h11,18H,2-10H2,1H3,(H3,16,17). The Morgan fingerprint density at radius 1 is 1.38 bits per heavy atom. The predicted octanol–water partition coefficient (Wildman–Crippen LogP) is 1.57. The second kappa shape index (κ2) is 6.05. The van der Waals surface area contributed by atoms with Gasteiger partial charge in [-0.3, -0.25) is 5.41 Å². The number of hydrogen-bond acceptors (Lipinski definition) is 4. The summed E-state index contributed by atoms with van der Waals surface area (Å²) in [6.45, 7) is 6.60. The summed E-state index contributed by atoms with van der Waals surface area (Å²) in [5, 5.41) is 15.9. The fraction of sp³-hybridized carbons (Fsp3) is 0.733. The van der Waals surface area contributed by atoms with Gasteiger partial charge in [-0.25, -0.2) is 0 Å². The molecule has 3 rings (SSSR count). The highest BCUT2D eigenvalue weighted by molar-refractivity contribution is 5.81. The zero-order chi connectivity index (χ0) is 14.8. The molecule has 6 nitrogen and oxygen atoms in total. The van der Waals surface area contributed by atoms with E-state index in [4.69, 9.17) is 16.2 Å². The SMILES string of the molecule is CCN1CCC(c2nn(C(=N)N)c3c2CCCCN3)CC1. The molecule has 0 aliphatic carbocycles. The third-order valence-electron chi connectivity index (χ3n) is 4.81. The molecule has 2 aliphatic rings. The van der Waals surface area contributed by atoms with Crippen LogP contribution in [0.15, 0.2) is 0 Å². The Morgan fingerprint density at radius 2 is 2.14 bits per heavy atom. The van der Waals surface area contributed by atoms with Crippen molar-refractivity contribution < 1.29 is 0 Å². The molecule has 1 fully saturated rings. The average molecular weight is 290 g/mol. The molecule has 0 unspecified atom stereocenters. The maximum absolute atomic E-state index is 7.77. The van der Waals surface area contributed by atoms with Gasteiger partial charge in [0, 0.05) is 18.0 Å². The lowest BCUT2D eigenvalue weighted by atomic mass is 9.90. The van der Waals surface area contributed by atoms with Crippen LogP contribution in [0.5, 0.6) is 0 Å². The van der Waals surface area contributed by atoms with Gasteiger partial charge in [0.25, 0.3) is 0 Å². The Kier molecular flexibility index (Phi) is 4.14. The summed E-state index contributed by atoms with van der Waals surface area (Å²) in [4.78, 5) is 2.50. The van der Waals surface area contributed by atoms with E-state index in [1.165, 1.54) is 24.1 Å². The van der Waals surface area contributed by atoms with E-state index in [0.29, 0.717) is 5.92 Å². The maximum atomic E-state index is 7.77. The van der Waals surface area contributed by atoms with E-state index in [-0.39, 0.29) is 5.96 Å². The van der Waals surface area contributed by atoms with Crippen LogP contribution in [0.1, 0.15) is 49.8 Å². The van der Waals surface area contributed by atoms with Gasteiger partial charge in [-0.05, 0) is 51.7 Å². The predicted molar refractivity (Wildman–Crippen MR) is 85.1 cm³/mol. The number of nitrogens with two attached hydrogens (primary N) is 1. The highest BCUT2D eigenvalue weighted by Gasteiger charge is 2.28. The second-order valence-corrected chi connectivity index (χ2v) is 6.10. The number of piperidine rings is 1. The Labute approximate surface area is 126 Å². The Balaban J connectivity index is 1.90. The van der Waals surface area contributed by atoms with Crippen LogP contribution in [0.25, 0.3) is 0 Å². The van der Waals surface area contributed by atoms with Crippen LogP contribution < -0.4 is 11.1 Å². The number of likely N-dealkylation sites (tertiary alicyclic amines) is 1. The van der Waals surface area contributed by atoms with Crippen molar-refractivity contribution in [2.24, 2.45) is 5.73 Å². The van der Waals surface area contributed by atoms with Crippen molar-refractivity contribution in [1.29, 1.82) is 5.41 Å². The molecule has 1 aromatic heterocycles. The topological polar surface area (TPSA) is 83.0 Å². The molecule has 2 aliphatic heterocycles. The molecular weight excluding hydrogens is 264 g/mol. The lowest BCUT2D eigenvalue weighted by Crippen LogP contribution is -2.33. The lowest BCUT2D eigenvalue weighted by Gasteiger charge is -2.30. The normalized spacial score (nSPS) is 20.6. The van der Waals surface area contributed by atoms with Crippen LogP contribution in [0.3, 0.4) is 0 Å². The molecule has 0 saturated carbocycles. The molecule has 0 spiro atoms. The zero-order valence-electron chi connectivity index (χ0n) is 12.9. The molecule has 1 aromatic rings. The minimum Gasteiger partial charge on any atom is -0.370 e. The minimum absolute atomic E-state index is 0.0119. The van der Waals surface area contributed by atoms with Gasteiger partial charge >= 0.3 is 0 Å². The van der Waals surface area contributed by atoms with E-state index in [2.05, 4.69) is 17.1 Å². The summed E-state index contributed by atoms with van der Waals surface area (Å²) >= 11 is 0. The minimum atomic E-state index is 0.0119. The van der Waals surface area contributed by atoms with Crippen LogP contribution in [-0.2, 0) is 6.42 Å². The molecule has 0 aromatic carbocycles. The third kappa shape index (κ3) is 2.77. The maximum Gasteiger partial charge on any atom is 0.215 e. The molecule has 6 heteroatoms. The number of aromatic nitrogens is 2. The van der Waals surface area contributed by atoms with Crippen molar-refractivity contribution in [3.05, 3.63) is 11.3 Å². The molecule has 0 bridgehead atoms. The van der Waals surface area contributed by atoms with E-state index in [1.807, 2.05) is 0 Å². The molecule has 0 amide bonds. The first-order valence-corrected chi connectivity index (χ1v) is 8.13. The second-order valence-electron chi connectivity index (χ2n) is 6.10. The van der Waals surface area contributed by atoms with E-state index >= 15 is 0 Å². The Morgan fingerprint density at radius 3 is 2.81 bits per heavy atom. The first kappa shape index (κ1) is 14.4. The van der Waals surface area contributed by atoms with E-state index in [1.54, 1.807) is 4.68 Å². The van der Waals surface area contributed by atoms with Crippen molar-refractivity contribution in [3.8, 4) is 0 Å². The molecule has 1 saturated heterocycles. The molecule has 0 radical (unpaired) electrons. The summed E-state index contributed by atoms with van der Waals surface area (Å²) in [5.41, 5.74) is 8.20. The van der Waals surface area contributed by atoms with Gasteiger partial charge in [-0.1, -0.05) is 6.92 Å². The van der Waals surface area contributed by atoms with E-state index in [9.17, 15) is 0 Å². The summed E-state index contributed by atoms with van der Waals surface area (Å²) in [7, 11) is 0. The quantitative estimate of drug-likeness (QED) is 0.570. The number of hydrogen-bond donors (Lipinski definition) is 3. The third-order valence-corrected chi connectivity index (χ3v) is 4.81. The van der Waals surface area contributed by atoms with E-state index in [0.717, 1.165) is 51.3 Å². The van der Waals surface area contributed by atoms with Gasteiger partial charge in [-0.2, -0.15) is 9.78 Å². The van der Waals surface area contributed by atoms with Gasteiger partial charge in [0.2, 0.25) is 5.96 Å². The number of rotatable bonds is 2. The number of nitrogens with one attached hydrogen (secondary N) is 2. The average Bonchev–Trinajstić information content (AvgIpc) is 2.69. The Hall–Kier alpha value is -1.56. The molecule has 4 N–H and O–H groups in total. The fourth-order valence-electron chi connectivity index (χ4n) is 3.55. The van der Waals surface area contributed by atoms with Crippen LogP contribution in [-0.4, -0.2) is 46.8 Å². The van der Waals surface area contributed by atoms with Crippen molar-refractivity contribution in [2.45, 2.75) is 44.9 Å². The highest BCUT2D eigenvalue weighted by Crippen LogP contribution is 2.34. The smallest absolute Gasteiger partial charge is 0.215 e. The van der Waals surface area contributed by atoms with E-state index < -0.39 is 0 Å². The van der Waals surface area contributed by atoms with Crippen molar-refractivity contribution in [1.82, 2.24) is 14.7 Å². The van der Waals surface area contributed by atoms with Gasteiger partial charge in [0.1, 0.15) is 5.82 Å². The molecular formula is C15H26N6. The van der Waals surface area contributed by atoms with Crippen LogP contribution in [0.2, 0.25) is 0 Å². The Bertz CT molecular complexity index is 512. The first-order valence-electron chi connectivity index (χ1n) is 8.13. The number of nitrogens with zero attached hydrogens (tertiary/aromatic N) is 3. The van der Waals surface area contributed by atoms with Crippen LogP contribution in [0, 0.1) is 5.41 Å². The van der Waals surface area contributed by atoms with Crippen molar-refractivity contribution in [2.75, 3.05) is 31.5 Å². The largest absolute Gasteiger partial charge is 0.370 e. The summed E-state index contributed by atoms with van der Waals surface area (Å²) in [6.07, 6.45) is 5.73. The summed E-state index contributed by atoms with van der Waals surface area (Å²) < 4.78 is 1.60. The first-order chi connectivity index (χ1) is 10.2. The fourth-order valence-corrected chi connectivity index (χ4v) is 3.55. The summed E-state index contributed by atoms with van der Waals surface area (Å²) in [5.74, 6) is 1.49. The van der Waals surface area contributed by atoms with Crippen molar-refractivity contribution in [3.63, 3.8) is 0 Å². The van der Waals surface area contributed by atoms with Gasteiger partial charge in [0.05, 0.1) is 5.69 Å². The molecule has 116 valence electrons. The van der Waals surface area contributed by atoms with Gasteiger partial charge < -0.3 is 16.0 Å².